The molecule has 1 saturated heterocycles. The van der Waals surface area contributed by atoms with Gasteiger partial charge in [0.2, 0.25) is 0 Å². The molecule has 0 aromatic heterocycles. The third-order valence-corrected chi connectivity index (χ3v) is 2.54. The predicted molar refractivity (Wildman–Crippen MR) is 56.1 cm³/mol. The Morgan fingerprint density at radius 1 is 1.59 bits per heavy atom. The van der Waals surface area contributed by atoms with E-state index in [9.17, 15) is 19.8 Å². The number of aliphatic hydroxyl groups is 3. The number of carbonyl (C=O) groups excluding carboxylic acids is 2. The standard InChI is InChI=1S/C10H17NO6/c12-4-7(13)9(15)8(14)5-17-10(16)6-2-1-3-11-6/h4,6-9,11,13-15H,1-3,5H2/t6-,7-,8+,9-/m0/s1/i/hD. The Balaban J connectivity index is 2.35. The van der Waals surface area contributed by atoms with Crippen molar-refractivity contribution < 1.29 is 31.1 Å². The molecule has 0 bridgehead atoms. The van der Waals surface area contributed by atoms with Crippen LogP contribution in [0.4, 0.5) is 0 Å². The second-order valence-electron chi connectivity index (χ2n) is 3.88. The summed E-state index contributed by atoms with van der Waals surface area (Å²) in [6.45, 7) is -0.0515. The molecular formula is C10H17NO6. The highest BCUT2D eigenvalue weighted by molar-refractivity contribution is 5.76. The average molecular weight is 248 g/mol. The van der Waals surface area contributed by atoms with Crippen LogP contribution in [-0.4, -0.2) is 65.1 Å². The van der Waals surface area contributed by atoms with Gasteiger partial charge in [-0.1, -0.05) is 0 Å². The molecule has 7 nitrogen and oxygen atoms in total. The van der Waals surface area contributed by atoms with Crippen molar-refractivity contribution in [3.63, 3.8) is 0 Å². The number of ether oxygens (including phenoxy) is 1. The van der Waals surface area contributed by atoms with Crippen LogP contribution in [0.15, 0.2) is 0 Å². The monoisotopic (exact) mass is 248 g/mol. The van der Waals surface area contributed by atoms with Gasteiger partial charge in [0.05, 0.1) is 0 Å². The fraction of sp³-hybridized carbons (Fsp3) is 0.800. The molecule has 1 heterocycles. The van der Waals surface area contributed by atoms with Gasteiger partial charge in [0.25, 0.3) is 0 Å². The average Bonchev–Trinajstić information content (AvgIpc) is 2.79. The van der Waals surface area contributed by atoms with Crippen molar-refractivity contribution in [3.05, 3.63) is 0 Å². The summed E-state index contributed by atoms with van der Waals surface area (Å²) in [5, 5.41) is 28.7. The summed E-state index contributed by atoms with van der Waals surface area (Å²) in [6, 6.07) is -0.662. The molecule has 1 rings (SSSR count). The fourth-order valence-corrected chi connectivity index (χ4v) is 1.49. The van der Waals surface area contributed by atoms with Crippen LogP contribution in [0.3, 0.4) is 0 Å². The number of esters is 1. The quantitative estimate of drug-likeness (QED) is 0.305. The number of carbonyl (C=O) groups is 2. The minimum absolute atomic E-state index is 0.0816. The second kappa shape index (κ2) is 6.65. The molecule has 98 valence electrons. The minimum Gasteiger partial charge on any atom is -0.462 e. The Morgan fingerprint density at radius 2 is 2.29 bits per heavy atom. The third kappa shape index (κ3) is 4.04. The van der Waals surface area contributed by atoms with Crippen LogP contribution in [0.5, 0.6) is 0 Å². The van der Waals surface area contributed by atoms with Crippen molar-refractivity contribution in [3.8, 4) is 0 Å². The molecule has 0 saturated carbocycles. The summed E-state index contributed by atoms with van der Waals surface area (Å²) >= 11 is 0. The Labute approximate surface area is 99.9 Å². The molecule has 0 amide bonds. The minimum atomic E-state index is -1.72. The van der Waals surface area contributed by atoms with E-state index in [0.29, 0.717) is 13.0 Å². The summed E-state index contributed by atoms with van der Waals surface area (Å²) in [5.41, 5.74) is 0. The summed E-state index contributed by atoms with van der Waals surface area (Å²) in [4.78, 5) is 21.7. The zero-order chi connectivity index (χ0) is 13.7. The van der Waals surface area contributed by atoms with Crippen LogP contribution < -0.4 is 5.31 Å². The fourth-order valence-electron chi connectivity index (χ4n) is 1.49. The van der Waals surface area contributed by atoms with Gasteiger partial charge in [-0.25, -0.2) is 0 Å². The van der Waals surface area contributed by atoms with Crippen molar-refractivity contribution in [1.82, 2.24) is 5.31 Å². The molecule has 17 heavy (non-hydrogen) atoms. The number of nitrogens with one attached hydrogen (secondary N) is 1. The van der Waals surface area contributed by atoms with E-state index < -0.39 is 36.9 Å². The van der Waals surface area contributed by atoms with Gasteiger partial charge in [-0.05, 0) is 19.4 Å². The topological polar surface area (TPSA) is 116 Å². The largest absolute Gasteiger partial charge is 0.462 e. The lowest BCUT2D eigenvalue weighted by Gasteiger charge is -2.20. The Kier molecular flexibility index (Phi) is 4.87. The third-order valence-electron chi connectivity index (χ3n) is 2.54. The van der Waals surface area contributed by atoms with Crippen LogP contribution in [-0.2, 0) is 14.3 Å². The van der Waals surface area contributed by atoms with Gasteiger partial charge < -0.3 is 30.2 Å². The summed E-state index contributed by atoms with van der Waals surface area (Å²) in [5.74, 6) is -0.658. The molecule has 0 aromatic carbocycles. The van der Waals surface area contributed by atoms with Crippen molar-refractivity contribution >= 4 is 12.3 Å². The first-order valence-electron chi connectivity index (χ1n) is 5.83. The van der Waals surface area contributed by atoms with Gasteiger partial charge in [-0.2, -0.15) is 0 Å². The van der Waals surface area contributed by atoms with E-state index in [2.05, 4.69) is 0 Å². The maximum Gasteiger partial charge on any atom is 0.323 e. The summed E-state index contributed by atoms with van der Waals surface area (Å²) in [7, 11) is 0. The Bertz CT molecular complexity index is 302. The van der Waals surface area contributed by atoms with E-state index in [1.807, 2.05) is 0 Å². The maximum absolute atomic E-state index is 11.5. The highest BCUT2D eigenvalue weighted by Crippen LogP contribution is 2.07. The Morgan fingerprint density at radius 3 is 2.82 bits per heavy atom. The van der Waals surface area contributed by atoms with Crippen LogP contribution in [0, 0.1) is 0 Å². The lowest BCUT2D eigenvalue weighted by atomic mass is 10.1. The molecule has 1 fully saturated rings. The zero-order valence-electron chi connectivity index (χ0n) is 10.2. The summed E-state index contributed by atoms with van der Waals surface area (Å²) < 4.78 is 12.2. The van der Waals surface area contributed by atoms with Gasteiger partial charge in [0.15, 0.2) is 6.29 Å². The van der Waals surface area contributed by atoms with E-state index in [1.165, 1.54) is 0 Å². The highest BCUT2D eigenvalue weighted by Gasteiger charge is 2.28. The molecule has 0 radical (unpaired) electrons. The van der Waals surface area contributed by atoms with E-state index in [0.717, 1.165) is 11.7 Å². The molecule has 0 unspecified atom stereocenters. The van der Waals surface area contributed by atoms with E-state index in [-0.39, 0.29) is 6.29 Å². The summed E-state index contributed by atoms with van der Waals surface area (Å²) in [6.07, 6.45) is -3.66. The number of hydrogen-bond acceptors (Lipinski definition) is 7. The van der Waals surface area contributed by atoms with E-state index in [1.54, 1.807) is 0 Å². The van der Waals surface area contributed by atoms with Gasteiger partial charge in [-0.3, -0.25) is 4.79 Å². The number of hydrogen-bond donors (Lipinski definition) is 4. The zero-order valence-corrected chi connectivity index (χ0v) is 9.23. The van der Waals surface area contributed by atoms with Crippen molar-refractivity contribution in [2.75, 3.05) is 13.2 Å². The number of aliphatic hydroxyl groups excluding tert-OH is 3. The SMILES string of the molecule is [2H]N1CCC[C@H]1C(=O)OC[C@@H](O)[C@@H](O)[C@@H](O)C=O. The van der Waals surface area contributed by atoms with Gasteiger partial charge in [0.1, 0.15) is 32.4 Å². The van der Waals surface area contributed by atoms with Crippen molar-refractivity contribution in [2.24, 2.45) is 0 Å². The molecule has 7 heteroatoms. The highest BCUT2D eigenvalue weighted by atomic mass is 16.5. The predicted octanol–water partition coefficient (Wildman–Crippen LogP) is -2.44. The first-order valence-corrected chi connectivity index (χ1v) is 5.39. The normalized spacial score (nSPS) is 27.0. The van der Waals surface area contributed by atoms with E-state index in [4.69, 9.17) is 11.3 Å². The molecular weight excluding hydrogens is 230 g/mol. The van der Waals surface area contributed by atoms with Crippen LogP contribution in [0.1, 0.15) is 12.8 Å². The lowest BCUT2D eigenvalue weighted by Crippen LogP contribution is -2.42. The van der Waals surface area contributed by atoms with Gasteiger partial charge in [-0.15, -0.1) is 0 Å². The molecule has 0 aliphatic carbocycles. The molecule has 1 aliphatic heterocycles. The Hall–Kier alpha value is -1.02. The van der Waals surface area contributed by atoms with Crippen molar-refractivity contribution in [1.29, 1.82) is 0 Å². The maximum atomic E-state index is 11.5. The van der Waals surface area contributed by atoms with Crippen LogP contribution in [0.25, 0.3) is 0 Å². The first-order chi connectivity index (χ1) is 8.47. The number of rotatable bonds is 6. The first kappa shape index (κ1) is 12.4. The lowest BCUT2D eigenvalue weighted by molar-refractivity contribution is -0.154. The number of aldehydes is 1. The smallest absolute Gasteiger partial charge is 0.323 e. The van der Waals surface area contributed by atoms with Crippen molar-refractivity contribution in [2.45, 2.75) is 37.2 Å². The van der Waals surface area contributed by atoms with Crippen LogP contribution >= 0.6 is 0 Å². The van der Waals surface area contributed by atoms with E-state index >= 15 is 0 Å². The molecule has 1 aliphatic rings. The van der Waals surface area contributed by atoms with Gasteiger partial charge in [0, 0.05) is 0 Å². The molecule has 0 spiro atoms. The molecule has 4 atom stereocenters. The second-order valence-corrected chi connectivity index (χ2v) is 3.88. The molecule has 4 N–H and O–H groups in total. The van der Waals surface area contributed by atoms with Crippen LogP contribution in [0.2, 0.25) is 1.41 Å². The van der Waals surface area contributed by atoms with Gasteiger partial charge >= 0.3 is 5.97 Å². The molecule has 0 aromatic rings.